The largest absolute Gasteiger partial charge is 0.497 e. The molecule has 0 bridgehead atoms. The predicted octanol–water partition coefficient (Wildman–Crippen LogP) is 3.24. The molecule has 1 aromatic rings. The number of likely N-dealkylation sites (tertiary alicyclic amines) is 1. The number of rotatable bonds is 3. The lowest BCUT2D eigenvalue weighted by molar-refractivity contribution is 0.164. The highest BCUT2D eigenvalue weighted by atomic mass is 16.5. The minimum absolute atomic E-state index is 0.109. The average molecular weight is 318 g/mol. The summed E-state index contributed by atoms with van der Waals surface area (Å²) in [6.07, 6.45) is 6.43. The minimum Gasteiger partial charge on any atom is -0.497 e. The SMILES string of the molecule is COc1ccc(NC(=O)N2C[C@H](O)C[C@H]2C2CCCCC2)cc1. The van der Waals surface area contributed by atoms with Gasteiger partial charge in [0.2, 0.25) is 0 Å². The molecule has 2 fully saturated rings. The molecule has 1 aromatic carbocycles. The van der Waals surface area contributed by atoms with Gasteiger partial charge in [0.15, 0.2) is 0 Å². The number of nitrogens with zero attached hydrogens (tertiary/aromatic N) is 1. The zero-order valence-electron chi connectivity index (χ0n) is 13.7. The van der Waals surface area contributed by atoms with Crippen LogP contribution in [0.15, 0.2) is 24.3 Å². The lowest BCUT2D eigenvalue weighted by Crippen LogP contribution is -2.43. The molecule has 0 unspecified atom stereocenters. The Hall–Kier alpha value is -1.75. The minimum atomic E-state index is -0.399. The maximum Gasteiger partial charge on any atom is 0.322 e. The summed E-state index contributed by atoms with van der Waals surface area (Å²) in [5.41, 5.74) is 0.750. The van der Waals surface area contributed by atoms with Gasteiger partial charge in [0, 0.05) is 18.3 Å². The fourth-order valence-electron chi connectivity index (χ4n) is 3.91. The first-order valence-electron chi connectivity index (χ1n) is 8.57. The van der Waals surface area contributed by atoms with Gasteiger partial charge < -0.3 is 20.1 Å². The van der Waals surface area contributed by atoms with E-state index in [-0.39, 0.29) is 12.1 Å². The number of β-amino-alcohol motifs (C(OH)–C–C–N with tert-alkyl or cyclic N) is 1. The average Bonchev–Trinajstić information content (AvgIpc) is 2.98. The second kappa shape index (κ2) is 7.21. The maximum atomic E-state index is 12.6. The Bertz CT molecular complexity index is 526. The molecule has 1 heterocycles. The Labute approximate surface area is 137 Å². The number of ether oxygens (including phenoxy) is 1. The van der Waals surface area contributed by atoms with Crippen LogP contribution in [0.1, 0.15) is 38.5 Å². The fourth-order valence-corrected chi connectivity index (χ4v) is 3.91. The predicted molar refractivity (Wildman–Crippen MR) is 89.7 cm³/mol. The molecule has 1 saturated carbocycles. The van der Waals surface area contributed by atoms with Crippen molar-refractivity contribution < 1.29 is 14.6 Å². The monoisotopic (exact) mass is 318 g/mol. The van der Waals surface area contributed by atoms with Crippen LogP contribution in [0.25, 0.3) is 0 Å². The first-order valence-corrected chi connectivity index (χ1v) is 8.57. The molecule has 1 saturated heterocycles. The van der Waals surface area contributed by atoms with Crippen molar-refractivity contribution in [2.75, 3.05) is 19.0 Å². The maximum absolute atomic E-state index is 12.6. The second-order valence-corrected chi connectivity index (χ2v) is 6.67. The number of aliphatic hydroxyl groups is 1. The number of hydrogen-bond donors (Lipinski definition) is 2. The van der Waals surface area contributed by atoms with E-state index < -0.39 is 6.10 Å². The Morgan fingerprint density at radius 2 is 1.91 bits per heavy atom. The van der Waals surface area contributed by atoms with Crippen molar-refractivity contribution in [3.8, 4) is 5.75 Å². The zero-order valence-corrected chi connectivity index (χ0v) is 13.7. The molecule has 1 aliphatic heterocycles. The standard InChI is InChI=1S/C18H26N2O3/c1-23-16-9-7-14(8-10-16)19-18(22)20-12-15(21)11-17(20)13-5-3-2-4-6-13/h7-10,13,15,17,21H,2-6,11-12H2,1H3,(H,19,22)/t15-,17+/m1/s1. The third-order valence-electron chi connectivity index (χ3n) is 5.12. The van der Waals surface area contributed by atoms with Gasteiger partial charge in [0.1, 0.15) is 5.75 Å². The molecule has 126 valence electrons. The first-order chi connectivity index (χ1) is 11.2. The Morgan fingerprint density at radius 3 is 2.57 bits per heavy atom. The number of benzene rings is 1. The van der Waals surface area contributed by atoms with Gasteiger partial charge in [0.05, 0.1) is 13.2 Å². The van der Waals surface area contributed by atoms with Crippen LogP contribution in [0.3, 0.4) is 0 Å². The molecule has 2 amide bonds. The van der Waals surface area contributed by atoms with Gasteiger partial charge in [-0.3, -0.25) is 0 Å². The van der Waals surface area contributed by atoms with E-state index in [2.05, 4.69) is 5.32 Å². The van der Waals surface area contributed by atoms with Crippen LogP contribution >= 0.6 is 0 Å². The first kappa shape index (κ1) is 16.1. The molecule has 2 aliphatic rings. The molecule has 0 spiro atoms. The number of anilines is 1. The topological polar surface area (TPSA) is 61.8 Å². The van der Waals surface area contributed by atoms with Crippen LogP contribution in [-0.2, 0) is 0 Å². The summed E-state index contributed by atoms with van der Waals surface area (Å²) < 4.78 is 5.13. The van der Waals surface area contributed by atoms with E-state index in [1.54, 1.807) is 7.11 Å². The summed E-state index contributed by atoms with van der Waals surface area (Å²) in [6, 6.07) is 7.38. The van der Waals surface area contributed by atoms with Crippen LogP contribution in [0.2, 0.25) is 0 Å². The number of urea groups is 1. The third kappa shape index (κ3) is 3.78. The summed E-state index contributed by atoms with van der Waals surface area (Å²) in [7, 11) is 1.62. The van der Waals surface area contributed by atoms with Crippen molar-refractivity contribution in [3.05, 3.63) is 24.3 Å². The number of hydrogen-bond acceptors (Lipinski definition) is 3. The van der Waals surface area contributed by atoms with E-state index in [4.69, 9.17) is 4.74 Å². The van der Waals surface area contributed by atoms with Crippen molar-refractivity contribution in [2.24, 2.45) is 5.92 Å². The quantitative estimate of drug-likeness (QED) is 0.899. The van der Waals surface area contributed by atoms with Gasteiger partial charge in [-0.2, -0.15) is 0 Å². The molecule has 5 heteroatoms. The zero-order chi connectivity index (χ0) is 16.2. The number of amides is 2. The molecular formula is C18H26N2O3. The van der Waals surface area contributed by atoms with E-state index in [1.807, 2.05) is 29.2 Å². The summed E-state index contributed by atoms with van der Waals surface area (Å²) in [5.74, 6) is 1.29. The second-order valence-electron chi connectivity index (χ2n) is 6.67. The number of aliphatic hydroxyl groups excluding tert-OH is 1. The Kier molecular flexibility index (Phi) is 5.06. The molecule has 23 heavy (non-hydrogen) atoms. The van der Waals surface area contributed by atoms with Gasteiger partial charge >= 0.3 is 6.03 Å². The summed E-state index contributed by atoms with van der Waals surface area (Å²) in [6.45, 7) is 0.434. The Balaban J connectivity index is 1.66. The van der Waals surface area contributed by atoms with E-state index in [9.17, 15) is 9.90 Å². The van der Waals surface area contributed by atoms with Crippen LogP contribution in [-0.4, -0.2) is 41.8 Å². The van der Waals surface area contributed by atoms with Crippen LogP contribution in [0.5, 0.6) is 5.75 Å². The fraction of sp³-hybridized carbons (Fsp3) is 0.611. The van der Waals surface area contributed by atoms with Gasteiger partial charge in [-0.05, 0) is 49.4 Å². The molecule has 5 nitrogen and oxygen atoms in total. The van der Waals surface area contributed by atoms with Crippen molar-refractivity contribution in [1.29, 1.82) is 0 Å². The van der Waals surface area contributed by atoms with Crippen molar-refractivity contribution in [2.45, 2.75) is 50.7 Å². The highest BCUT2D eigenvalue weighted by Crippen LogP contribution is 2.34. The number of nitrogens with one attached hydrogen (secondary N) is 1. The highest BCUT2D eigenvalue weighted by Gasteiger charge is 2.39. The van der Waals surface area contributed by atoms with Crippen LogP contribution < -0.4 is 10.1 Å². The summed E-state index contributed by atoms with van der Waals surface area (Å²) in [5, 5.41) is 13.0. The molecule has 2 N–H and O–H groups in total. The van der Waals surface area contributed by atoms with E-state index in [1.165, 1.54) is 32.1 Å². The highest BCUT2D eigenvalue weighted by molar-refractivity contribution is 5.89. The normalized spacial score (nSPS) is 25.4. The van der Waals surface area contributed by atoms with E-state index >= 15 is 0 Å². The van der Waals surface area contributed by atoms with Gasteiger partial charge in [-0.1, -0.05) is 19.3 Å². The number of carbonyl (C=O) groups excluding carboxylic acids is 1. The summed E-state index contributed by atoms with van der Waals surface area (Å²) in [4.78, 5) is 14.5. The van der Waals surface area contributed by atoms with Gasteiger partial charge in [-0.25, -0.2) is 4.79 Å². The molecule has 1 aliphatic carbocycles. The lowest BCUT2D eigenvalue weighted by atomic mass is 9.83. The van der Waals surface area contributed by atoms with E-state index in [0.29, 0.717) is 18.9 Å². The van der Waals surface area contributed by atoms with Crippen molar-refractivity contribution in [1.82, 2.24) is 4.90 Å². The van der Waals surface area contributed by atoms with Crippen molar-refractivity contribution in [3.63, 3.8) is 0 Å². The summed E-state index contributed by atoms with van der Waals surface area (Å²) >= 11 is 0. The Morgan fingerprint density at radius 1 is 1.22 bits per heavy atom. The molecule has 3 rings (SSSR count). The van der Waals surface area contributed by atoms with Crippen LogP contribution in [0.4, 0.5) is 10.5 Å². The third-order valence-corrected chi connectivity index (χ3v) is 5.12. The molecule has 0 aromatic heterocycles. The smallest absolute Gasteiger partial charge is 0.322 e. The lowest BCUT2D eigenvalue weighted by Gasteiger charge is -2.33. The number of carbonyl (C=O) groups is 1. The molecule has 0 radical (unpaired) electrons. The number of methoxy groups -OCH3 is 1. The van der Waals surface area contributed by atoms with Gasteiger partial charge in [-0.15, -0.1) is 0 Å². The van der Waals surface area contributed by atoms with E-state index in [0.717, 1.165) is 11.4 Å². The van der Waals surface area contributed by atoms with Crippen molar-refractivity contribution >= 4 is 11.7 Å². The molecule has 2 atom stereocenters. The van der Waals surface area contributed by atoms with Crippen LogP contribution in [0, 0.1) is 5.92 Å². The van der Waals surface area contributed by atoms with Gasteiger partial charge in [0.25, 0.3) is 0 Å². The molecular weight excluding hydrogens is 292 g/mol.